The van der Waals surface area contributed by atoms with Gasteiger partial charge in [-0.3, -0.25) is 9.88 Å². The number of hydrogen-bond donors (Lipinski definition) is 1. The van der Waals surface area contributed by atoms with Crippen molar-refractivity contribution in [1.82, 2.24) is 19.9 Å². The van der Waals surface area contributed by atoms with Crippen molar-refractivity contribution in [2.45, 2.75) is 51.0 Å². The number of piperazine rings is 1. The molecule has 6 rings (SSSR count). The number of hydrogen-bond acceptors (Lipinski definition) is 6. The van der Waals surface area contributed by atoms with Gasteiger partial charge in [-0.25, -0.2) is 9.97 Å². The number of fused-ring (bicyclic) bond motifs is 1. The molecule has 3 aromatic heterocycles. The molecule has 1 N–H and O–H groups in total. The summed E-state index contributed by atoms with van der Waals surface area (Å²) < 4.78 is 0. The molecule has 0 radical (unpaired) electrons. The second-order valence-corrected chi connectivity index (χ2v) is 10.1. The van der Waals surface area contributed by atoms with E-state index in [1.165, 1.54) is 56.9 Å². The van der Waals surface area contributed by atoms with Gasteiger partial charge >= 0.3 is 0 Å². The largest absolute Gasteiger partial charge is 0.367 e. The Bertz CT molecular complexity index is 1100. The van der Waals surface area contributed by atoms with Crippen molar-refractivity contribution in [2.75, 3.05) is 42.9 Å². The van der Waals surface area contributed by atoms with Crippen LogP contribution in [0.4, 0.5) is 11.6 Å². The highest BCUT2D eigenvalue weighted by atomic mass is 15.3. The predicted octanol–water partition coefficient (Wildman–Crippen LogP) is 4.97. The minimum atomic E-state index is 0.540. The SMILES string of the molecule is c1cc2c(N3CCN(CC4CC4)CC3)nc(-c3ccnc(NC4CCCCC4)c3)cc2cn1. The standard InChI is InChI=1S/C27H34N6/c1-2-4-23(5-3-1)30-26-17-21(8-11-29-26)25-16-22-18-28-10-9-24(22)27(31-25)33-14-12-32(13-15-33)19-20-6-7-20/h8-11,16-18,20,23H,1-7,12-15,19H2,(H,29,30). The molecule has 0 spiro atoms. The predicted molar refractivity (Wildman–Crippen MR) is 135 cm³/mol. The lowest BCUT2D eigenvalue weighted by atomic mass is 9.95. The minimum Gasteiger partial charge on any atom is -0.367 e. The average molecular weight is 443 g/mol. The third-order valence-corrected chi connectivity index (χ3v) is 7.51. The van der Waals surface area contributed by atoms with Crippen LogP contribution < -0.4 is 10.2 Å². The van der Waals surface area contributed by atoms with Crippen LogP contribution in [0.1, 0.15) is 44.9 Å². The molecule has 0 atom stereocenters. The van der Waals surface area contributed by atoms with Gasteiger partial charge in [0.2, 0.25) is 0 Å². The van der Waals surface area contributed by atoms with Gasteiger partial charge in [0.05, 0.1) is 5.69 Å². The van der Waals surface area contributed by atoms with E-state index < -0.39 is 0 Å². The van der Waals surface area contributed by atoms with Gasteiger partial charge in [0.15, 0.2) is 0 Å². The van der Waals surface area contributed by atoms with Crippen LogP contribution in [0.25, 0.3) is 22.0 Å². The first-order valence-corrected chi connectivity index (χ1v) is 12.8. The summed E-state index contributed by atoms with van der Waals surface area (Å²) in [4.78, 5) is 19.3. The normalized spacial score (nSPS) is 20.3. The zero-order chi connectivity index (χ0) is 22.0. The quantitative estimate of drug-likeness (QED) is 0.582. The van der Waals surface area contributed by atoms with Crippen molar-refractivity contribution in [3.05, 3.63) is 42.9 Å². The van der Waals surface area contributed by atoms with Crippen molar-refractivity contribution in [2.24, 2.45) is 5.92 Å². The van der Waals surface area contributed by atoms with Crippen LogP contribution >= 0.6 is 0 Å². The maximum atomic E-state index is 5.21. The molecule has 33 heavy (non-hydrogen) atoms. The molecule has 6 heteroatoms. The van der Waals surface area contributed by atoms with E-state index in [0.717, 1.165) is 60.4 Å². The second-order valence-electron chi connectivity index (χ2n) is 10.1. The lowest BCUT2D eigenvalue weighted by Crippen LogP contribution is -2.47. The van der Waals surface area contributed by atoms with Gasteiger partial charge < -0.3 is 10.2 Å². The van der Waals surface area contributed by atoms with Crippen LogP contribution in [0.2, 0.25) is 0 Å². The molecule has 0 unspecified atom stereocenters. The van der Waals surface area contributed by atoms with Gasteiger partial charge in [-0.05, 0) is 55.9 Å². The molecule has 3 aliphatic rings. The topological polar surface area (TPSA) is 57.2 Å². The molecule has 2 aliphatic carbocycles. The van der Waals surface area contributed by atoms with Crippen LogP contribution in [0, 0.1) is 5.92 Å². The summed E-state index contributed by atoms with van der Waals surface area (Å²) in [6.07, 6.45) is 15.1. The summed E-state index contributed by atoms with van der Waals surface area (Å²) in [7, 11) is 0. The van der Waals surface area contributed by atoms with E-state index in [-0.39, 0.29) is 0 Å². The lowest BCUT2D eigenvalue weighted by Gasteiger charge is -2.36. The Hall–Kier alpha value is -2.73. The Morgan fingerprint density at radius 1 is 0.909 bits per heavy atom. The first-order valence-electron chi connectivity index (χ1n) is 12.8. The summed E-state index contributed by atoms with van der Waals surface area (Å²) >= 11 is 0. The summed E-state index contributed by atoms with van der Waals surface area (Å²) in [5, 5.41) is 6.01. The van der Waals surface area contributed by atoms with E-state index >= 15 is 0 Å². The van der Waals surface area contributed by atoms with Gasteiger partial charge in [-0.2, -0.15) is 0 Å². The van der Waals surface area contributed by atoms with Gasteiger partial charge in [0, 0.05) is 73.7 Å². The molecule has 172 valence electrons. The van der Waals surface area contributed by atoms with Crippen LogP contribution in [0.5, 0.6) is 0 Å². The molecule has 0 bridgehead atoms. The highest BCUT2D eigenvalue weighted by molar-refractivity contribution is 5.94. The zero-order valence-electron chi connectivity index (χ0n) is 19.4. The third kappa shape index (κ3) is 4.81. The molecular formula is C27H34N6. The Morgan fingerprint density at radius 3 is 2.58 bits per heavy atom. The van der Waals surface area contributed by atoms with Crippen LogP contribution in [-0.2, 0) is 0 Å². The molecule has 3 aromatic rings. The Balaban J connectivity index is 1.27. The Morgan fingerprint density at radius 2 is 1.76 bits per heavy atom. The number of nitrogens with zero attached hydrogens (tertiary/aromatic N) is 5. The van der Waals surface area contributed by atoms with E-state index in [1.807, 2.05) is 18.6 Å². The molecule has 0 aromatic carbocycles. The summed E-state index contributed by atoms with van der Waals surface area (Å²) in [6.45, 7) is 5.59. The minimum absolute atomic E-state index is 0.540. The summed E-state index contributed by atoms with van der Waals surface area (Å²) in [5.41, 5.74) is 2.11. The van der Waals surface area contributed by atoms with E-state index in [2.05, 4.69) is 49.4 Å². The number of rotatable bonds is 6. The first kappa shape index (κ1) is 20.8. The molecule has 4 heterocycles. The highest BCUT2D eigenvalue weighted by Crippen LogP contribution is 2.33. The fraction of sp³-hybridized carbons (Fsp3) is 0.519. The number of nitrogens with one attached hydrogen (secondary N) is 1. The number of aromatic nitrogens is 3. The smallest absolute Gasteiger partial charge is 0.137 e. The second kappa shape index (κ2) is 9.26. The average Bonchev–Trinajstić information content (AvgIpc) is 3.69. The summed E-state index contributed by atoms with van der Waals surface area (Å²) in [5.74, 6) is 3.00. The molecule has 1 aliphatic heterocycles. The van der Waals surface area contributed by atoms with Gasteiger partial charge in [0.25, 0.3) is 0 Å². The van der Waals surface area contributed by atoms with Crippen molar-refractivity contribution < 1.29 is 0 Å². The van der Waals surface area contributed by atoms with Crippen LogP contribution in [0.3, 0.4) is 0 Å². The first-order chi connectivity index (χ1) is 16.3. The van der Waals surface area contributed by atoms with E-state index in [1.54, 1.807) is 0 Å². The number of anilines is 2. The molecule has 3 fully saturated rings. The van der Waals surface area contributed by atoms with Crippen molar-refractivity contribution >= 4 is 22.4 Å². The van der Waals surface area contributed by atoms with E-state index in [0.29, 0.717) is 6.04 Å². The molecule has 1 saturated heterocycles. The highest BCUT2D eigenvalue weighted by Gasteiger charge is 2.27. The number of pyridine rings is 3. The fourth-order valence-corrected chi connectivity index (χ4v) is 5.40. The van der Waals surface area contributed by atoms with Crippen molar-refractivity contribution in [3.63, 3.8) is 0 Å². The third-order valence-electron chi connectivity index (χ3n) is 7.51. The molecule has 6 nitrogen and oxygen atoms in total. The molecule has 2 saturated carbocycles. The van der Waals surface area contributed by atoms with Crippen molar-refractivity contribution in [1.29, 1.82) is 0 Å². The van der Waals surface area contributed by atoms with Gasteiger partial charge in [0.1, 0.15) is 11.6 Å². The summed E-state index contributed by atoms with van der Waals surface area (Å²) in [6, 6.07) is 9.07. The maximum absolute atomic E-state index is 5.21. The lowest BCUT2D eigenvalue weighted by molar-refractivity contribution is 0.248. The van der Waals surface area contributed by atoms with Crippen molar-refractivity contribution in [3.8, 4) is 11.3 Å². The molecule has 0 amide bonds. The fourth-order valence-electron chi connectivity index (χ4n) is 5.40. The Kier molecular flexibility index (Phi) is 5.85. The molecular weight excluding hydrogens is 408 g/mol. The van der Waals surface area contributed by atoms with Gasteiger partial charge in [-0.1, -0.05) is 19.3 Å². The van der Waals surface area contributed by atoms with E-state index in [4.69, 9.17) is 4.98 Å². The Labute approximate surface area is 196 Å². The maximum Gasteiger partial charge on any atom is 0.137 e. The van der Waals surface area contributed by atoms with Gasteiger partial charge in [-0.15, -0.1) is 0 Å². The monoisotopic (exact) mass is 442 g/mol. The van der Waals surface area contributed by atoms with Crippen LogP contribution in [0.15, 0.2) is 42.9 Å². The van der Waals surface area contributed by atoms with E-state index in [9.17, 15) is 0 Å². The zero-order valence-corrected chi connectivity index (χ0v) is 19.4. The van der Waals surface area contributed by atoms with Crippen LogP contribution in [-0.4, -0.2) is 58.6 Å².